The van der Waals surface area contributed by atoms with Gasteiger partial charge in [-0.15, -0.1) is 0 Å². The van der Waals surface area contributed by atoms with E-state index in [2.05, 4.69) is 21.2 Å². The fourth-order valence-electron chi connectivity index (χ4n) is 2.96. The molecule has 0 fully saturated rings. The Labute approximate surface area is 147 Å². The number of rotatable bonds is 2. The average Bonchev–Trinajstić information content (AvgIpc) is 2.62. The fraction of sp³-hybridized carbons (Fsp3) is 0. The Bertz CT molecular complexity index is 980. The van der Waals surface area contributed by atoms with Gasteiger partial charge < -0.3 is 5.32 Å². The summed E-state index contributed by atoms with van der Waals surface area (Å²) in [6.07, 6.45) is 0. The van der Waals surface area contributed by atoms with Crippen molar-refractivity contribution in [2.24, 2.45) is 0 Å². The van der Waals surface area contributed by atoms with Crippen LogP contribution >= 0.6 is 15.9 Å². The van der Waals surface area contributed by atoms with E-state index in [1.165, 1.54) is 0 Å². The maximum absolute atomic E-state index is 13.0. The molecule has 0 bridgehead atoms. The van der Waals surface area contributed by atoms with Crippen LogP contribution in [0.3, 0.4) is 0 Å². The molecule has 1 aliphatic carbocycles. The minimum atomic E-state index is -0.139. The van der Waals surface area contributed by atoms with Gasteiger partial charge in [-0.2, -0.15) is 0 Å². The number of hydrogen-bond acceptors (Lipinski definition) is 3. The number of ketones is 2. The summed E-state index contributed by atoms with van der Waals surface area (Å²) >= 11 is 3.42. The van der Waals surface area contributed by atoms with Gasteiger partial charge in [0.25, 0.3) is 0 Å². The normalized spacial score (nSPS) is 12.5. The third kappa shape index (κ3) is 2.27. The van der Waals surface area contributed by atoms with Crippen molar-refractivity contribution in [1.29, 1.82) is 0 Å². The van der Waals surface area contributed by atoms with Crippen molar-refractivity contribution in [3.63, 3.8) is 0 Å². The zero-order chi connectivity index (χ0) is 16.7. The second-order valence-corrected chi connectivity index (χ2v) is 6.39. The summed E-state index contributed by atoms with van der Waals surface area (Å²) in [6.45, 7) is 0. The number of carbonyl (C=O) groups excluding carboxylic acids is 2. The molecule has 4 heteroatoms. The molecule has 1 aliphatic rings. The first-order valence-electron chi connectivity index (χ1n) is 7.50. The summed E-state index contributed by atoms with van der Waals surface area (Å²) in [6, 6.07) is 20.1. The molecule has 0 unspecified atom stereocenters. The third-order valence-corrected chi connectivity index (χ3v) is 4.74. The molecule has 3 nitrogen and oxygen atoms in total. The molecular formula is C20H12BrNO2. The van der Waals surface area contributed by atoms with Gasteiger partial charge in [-0.25, -0.2) is 0 Å². The van der Waals surface area contributed by atoms with E-state index in [1.807, 2.05) is 36.4 Å². The van der Waals surface area contributed by atoms with Crippen LogP contribution in [-0.2, 0) is 0 Å². The highest BCUT2D eigenvalue weighted by atomic mass is 79.9. The van der Waals surface area contributed by atoms with Crippen LogP contribution in [0.15, 0.2) is 71.2 Å². The van der Waals surface area contributed by atoms with Crippen molar-refractivity contribution in [3.05, 3.63) is 93.5 Å². The van der Waals surface area contributed by atoms with Crippen LogP contribution in [0, 0.1) is 0 Å². The molecule has 24 heavy (non-hydrogen) atoms. The van der Waals surface area contributed by atoms with E-state index in [-0.39, 0.29) is 11.6 Å². The summed E-state index contributed by atoms with van der Waals surface area (Å²) in [5.74, 6) is -0.274. The Kier molecular flexibility index (Phi) is 3.54. The van der Waals surface area contributed by atoms with Gasteiger partial charge in [0, 0.05) is 21.3 Å². The Hall–Kier alpha value is -2.72. The van der Waals surface area contributed by atoms with Crippen molar-refractivity contribution < 1.29 is 9.59 Å². The minimum Gasteiger partial charge on any atom is -0.355 e. The largest absolute Gasteiger partial charge is 0.355 e. The van der Waals surface area contributed by atoms with Gasteiger partial charge in [-0.05, 0) is 24.3 Å². The number of benzene rings is 3. The molecule has 0 spiro atoms. The van der Waals surface area contributed by atoms with Gasteiger partial charge in [-0.1, -0.05) is 58.4 Å². The van der Waals surface area contributed by atoms with Crippen LogP contribution < -0.4 is 5.32 Å². The molecule has 0 saturated carbocycles. The third-order valence-electron chi connectivity index (χ3n) is 4.08. The summed E-state index contributed by atoms with van der Waals surface area (Å²) in [4.78, 5) is 25.9. The predicted octanol–water partition coefficient (Wildman–Crippen LogP) is 4.97. The number of anilines is 2. The highest BCUT2D eigenvalue weighted by Crippen LogP contribution is 2.37. The highest BCUT2D eigenvalue weighted by Gasteiger charge is 2.33. The molecule has 0 amide bonds. The van der Waals surface area contributed by atoms with Gasteiger partial charge in [0.15, 0.2) is 11.6 Å². The Morgan fingerprint density at radius 1 is 0.667 bits per heavy atom. The lowest BCUT2D eigenvalue weighted by atomic mass is 9.83. The number of hydrogen-bond donors (Lipinski definition) is 1. The van der Waals surface area contributed by atoms with E-state index in [0.29, 0.717) is 32.4 Å². The maximum atomic E-state index is 13.0. The van der Waals surface area contributed by atoms with Crippen LogP contribution in [0.5, 0.6) is 0 Å². The standard InChI is InChI=1S/C20H12BrNO2/c21-15-10-11-16(22-12-6-2-1-3-7-12)18-17(15)19(23)13-8-4-5-9-14(13)20(18)24/h1-11,22H. The van der Waals surface area contributed by atoms with Crippen LogP contribution in [0.2, 0.25) is 0 Å². The topological polar surface area (TPSA) is 46.2 Å². The van der Waals surface area contributed by atoms with Gasteiger partial charge in [0.2, 0.25) is 0 Å². The Balaban J connectivity index is 1.92. The summed E-state index contributed by atoms with van der Waals surface area (Å²) < 4.78 is 0.629. The first-order chi connectivity index (χ1) is 11.7. The Morgan fingerprint density at radius 3 is 1.92 bits per heavy atom. The van der Waals surface area contributed by atoms with Crippen molar-refractivity contribution in [3.8, 4) is 0 Å². The van der Waals surface area contributed by atoms with E-state index in [1.54, 1.807) is 30.3 Å². The maximum Gasteiger partial charge on any atom is 0.196 e. The molecule has 0 heterocycles. The number of nitrogens with one attached hydrogen (secondary N) is 1. The molecule has 0 atom stereocenters. The quantitative estimate of drug-likeness (QED) is 0.536. The van der Waals surface area contributed by atoms with Crippen LogP contribution in [0.1, 0.15) is 31.8 Å². The monoisotopic (exact) mass is 377 g/mol. The Morgan fingerprint density at radius 2 is 1.25 bits per heavy atom. The molecule has 116 valence electrons. The lowest BCUT2D eigenvalue weighted by Crippen LogP contribution is -2.22. The summed E-state index contributed by atoms with van der Waals surface area (Å²) in [5.41, 5.74) is 3.22. The molecule has 0 aliphatic heterocycles. The second-order valence-electron chi connectivity index (χ2n) is 5.54. The number of para-hydroxylation sites is 1. The molecular weight excluding hydrogens is 366 g/mol. The van der Waals surface area contributed by atoms with Crippen LogP contribution in [0.25, 0.3) is 0 Å². The molecule has 0 radical (unpaired) electrons. The highest BCUT2D eigenvalue weighted by molar-refractivity contribution is 9.10. The zero-order valence-electron chi connectivity index (χ0n) is 12.5. The first-order valence-corrected chi connectivity index (χ1v) is 8.29. The van der Waals surface area contributed by atoms with E-state index >= 15 is 0 Å². The average molecular weight is 378 g/mol. The van der Waals surface area contributed by atoms with E-state index in [9.17, 15) is 9.59 Å². The molecule has 1 N–H and O–H groups in total. The van der Waals surface area contributed by atoms with Crippen molar-refractivity contribution in [1.82, 2.24) is 0 Å². The summed E-state index contributed by atoms with van der Waals surface area (Å²) in [7, 11) is 0. The SMILES string of the molecule is O=C1c2ccccc2C(=O)c2c(Nc3ccccc3)ccc(Br)c21. The molecule has 3 aromatic carbocycles. The van der Waals surface area contributed by atoms with Crippen LogP contribution in [0.4, 0.5) is 11.4 Å². The van der Waals surface area contributed by atoms with Crippen molar-refractivity contribution >= 4 is 38.9 Å². The van der Waals surface area contributed by atoms with Gasteiger partial charge in [-0.3, -0.25) is 9.59 Å². The van der Waals surface area contributed by atoms with E-state index in [4.69, 9.17) is 0 Å². The van der Waals surface area contributed by atoms with Crippen molar-refractivity contribution in [2.75, 3.05) is 5.32 Å². The predicted molar refractivity (Wildman–Crippen MR) is 97.2 cm³/mol. The zero-order valence-corrected chi connectivity index (χ0v) is 14.1. The summed E-state index contributed by atoms with van der Waals surface area (Å²) in [5, 5.41) is 3.25. The van der Waals surface area contributed by atoms with E-state index < -0.39 is 0 Å². The minimum absolute atomic E-state index is 0.135. The second kappa shape index (κ2) is 5.73. The molecule has 0 aromatic heterocycles. The van der Waals surface area contributed by atoms with Crippen molar-refractivity contribution in [2.45, 2.75) is 0 Å². The first kappa shape index (κ1) is 14.8. The molecule has 4 rings (SSSR count). The number of carbonyl (C=O) groups is 2. The smallest absolute Gasteiger partial charge is 0.196 e. The van der Waals surface area contributed by atoms with Gasteiger partial charge in [0.05, 0.1) is 16.8 Å². The van der Waals surface area contributed by atoms with E-state index in [0.717, 1.165) is 5.69 Å². The number of fused-ring (bicyclic) bond motifs is 2. The fourth-order valence-corrected chi connectivity index (χ4v) is 3.48. The lowest BCUT2D eigenvalue weighted by molar-refractivity contribution is 0.0979. The van der Waals surface area contributed by atoms with Gasteiger partial charge in [0.1, 0.15) is 0 Å². The van der Waals surface area contributed by atoms with Crippen LogP contribution in [-0.4, -0.2) is 11.6 Å². The molecule has 0 saturated heterocycles. The van der Waals surface area contributed by atoms with Gasteiger partial charge >= 0.3 is 0 Å². The number of halogens is 1. The molecule has 3 aromatic rings. The lowest BCUT2D eigenvalue weighted by Gasteiger charge is -2.22.